The largest absolute Gasteiger partial charge is 0.332 e. The molecule has 0 N–H and O–H groups in total. The van der Waals surface area contributed by atoms with Crippen molar-refractivity contribution in [1.29, 1.82) is 0 Å². The highest BCUT2D eigenvalue weighted by Gasteiger charge is 2.29. The Kier molecular flexibility index (Phi) is 4.05. The number of amides is 1. The summed E-state index contributed by atoms with van der Waals surface area (Å²) in [6.45, 7) is 5.66. The molecule has 112 valence electrons. The number of hydrogen-bond acceptors (Lipinski definition) is 4. The second kappa shape index (κ2) is 5.97. The van der Waals surface area contributed by atoms with Crippen LogP contribution in [0.1, 0.15) is 41.1 Å². The molecular formula is C15H20N4OS. The molecule has 1 amide bonds. The van der Waals surface area contributed by atoms with E-state index in [1.807, 2.05) is 21.9 Å². The summed E-state index contributed by atoms with van der Waals surface area (Å²) in [5.41, 5.74) is 4.47. The van der Waals surface area contributed by atoms with Gasteiger partial charge in [0, 0.05) is 17.6 Å². The molecule has 0 radical (unpaired) electrons. The van der Waals surface area contributed by atoms with Crippen LogP contribution in [0.3, 0.4) is 0 Å². The van der Waals surface area contributed by atoms with Crippen molar-refractivity contribution in [2.45, 2.75) is 45.7 Å². The lowest BCUT2D eigenvalue weighted by molar-refractivity contribution is 0.0577. The number of aromatic nitrogens is 3. The van der Waals surface area contributed by atoms with Gasteiger partial charge in [-0.1, -0.05) is 0 Å². The molecule has 0 aliphatic carbocycles. The molecule has 3 rings (SSSR count). The van der Waals surface area contributed by atoms with Gasteiger partial charge in [-0.3, -0.25) is 9.48 Å². The summed E-state index contributed by atoms with van der Waals surface area (Å²) < 4.78 is 2.02. The number of nitrogens with zero attached hydrogens (tertiary/aromatic N) is 4. The number of hydrogen-bond donors (Lipinski definition) is 0. The Balaban J connectivity index is 1.78. The van der Waals surface area contributed by atoms with Crippen LogP contribution in [-0.2, 0) is 6.54 Å². The average Bonchev–Trinajstić information content (AvgIpc) is 3.09. The molecule has 1 unspecified atom stereocenters. The Hall–Kier alpha value is -1.69. The minimum atomic E-state index is 0.0579. The van der Waals surface area contributed by atoms with Gasteiger partial charge in [-0.05, 0) is 39.2 Å². The molecule has 1 fully saturated rings. The number of thiazole rings is 1. The van der Waals surface area contributed by atoms with Crippen molar-refractivity contribution in [3.63, 3.8) is 0 Å². The second-order valence-corrected chi connectivity index (χ2v) is 6.35. The highest BCUT2D eigenvalue weighted by Crippen LogP contribution is 2.21. The topological polar surface area (TPSA) is 51.0 Å². The van der Waals surface area contributed by atoms with Gasteiger partial charge in [0.15, 0.2) is 0 Å². The summed E-state index contributed by atoms with van der Waals surface area (Å²) in [7, 11) is 0. The van der Waals surface area contributed by atoms with E-state index < -0.39 is 0 Å². The lowest BCUT2D eigenvalue weighted by Crippen LogP contribution is -2.46. The van der Waals surface area contributed by atoms with Crippen LogP contribution in [0, 0.1) is 13.8 Å². The van der Waals surface area contributed by atoms with Crippen LogP contribution in [0.25, 0.3) is 0 Å². The molecule has 0 aromatic carbocycles. The monoisotopic (exact) mass is 304 g/mol. The number of likely N-dealkylation sites (tertiary alicyclic amines) is 1. The Morgan fingerprint density at radius 2 is 2.29 bits per heavy atom. The van der Waals surface area contributed by atoms with E-state index in [9.17, 15) is 4.79 Å². The van der Waals surface area contributed by atoms with Gasteiger partial charge in [-0.25, -0.2) is 4.98 Å². The van der Waals surface area contributed by atoms with E-state index in [4.69, 9.17) is 0 Å². The third kappa shape index (κ3) is 3.00. The maximum atomic E-state index is 12.6. The molecular weight excluding hydrogens is 284 g/mol. The van der Waals surface area contributed by atoms with Gasteiger partial charge in [0.2, 0.25) is 0 Å². The van der Waals surface area contributed by atoms with E-state index in [0.717, 1.165) is 37.3 Å². The summed E-state index contributed by atoms with van der Waals surface area (Å²) in [6, 6.07) is 2.29. The van der Waals surface area contributed by atoms with Crippen LogP contribution in [0.15, 0.2) is 17.0 Å². The van der Waals surface area contributed by atoms with Crippen LogP contribution in [0.5, 0.6) is 0 Å². The quantitative estimate of drug-likeness (QED) is 0.876. The number of carbonyl (C=O) groups is 1. The lowest BCUT2D eigenvalue weighted by atomic mass is 10.0. The molecule has 1 aliphatic heterocycles. The Labute approximate surface area is 128 Å². The molecule has 1 aliphatic rings. The van der Waals surface area contributed by atoms with Gasteiger partial charge in [0.25, 0.3) is 5.91 Å². The first kappa shape index (κ1) is 14.3. The fourth-order valence-electron chi connectivity index (χ4n) is 2.98. The maximum Gasteiger partial charge on any atom is 0.273 e. The predicted molar refractivity (Wildman–Crippen MR) is 82.5 cm³/mol. The van der Waals surface area contributed by atoms with E-state index in [1.165, 1.54) is 17.8 Å². The zero-order valence-electron chi connectivity index (χ0n) is 12.5. The first-order chi connectivity index (χ1) is 10.1. The van der Waals surface area contributed by atoms with Crippen LogP contribution in [-0.4, -0.2) is 38.2 Å². The maximum absolute atomic E-state index is 12.6. The number of aryl methyl sites for hydroxylation is 2. The fraction of sp³-hybridized carbons (Fsp3) is 0.533. The van der Waals surface area contributed by atoms with Crippen molar-refractivity contribution in [3.8, 4) is 0 Å². The van der Waals surface area contributed by atoms with Crippen LogP contribution in [0.2, 0.25) is 0 Å². The van der Waals surface area contributed by atoms with Gasteiger partial charge in [0.05, 0.1) is 23.8 Å². The molecule has 6 heteroatoms. The smallest absolute Gasteiger partial charge is 0.273 e. The molecule has 0 bridgehead atoms. The summed E-state index contributed by atoms with van der Waals surface area (Å²) in [5, 5.41) is 6.36. The highest BCUT2D eigenvalue weighted by molar-refractivity contribution is 7.07. The molecule has 21 heavy (non-hydrogen) atoms. The molecule has 2 aromatic heterocycles. The Bertz CT molecular complexity index is 620. The van der Waals surface area contributed by atoms with Gasteiger partial charge >= 0.3 is 0 Å². The molecule has 2 aromatic rings. The summed E-state index contributed by atoms with van der Waals surface area (Å²) >= 11 is 1.47. The van der Waals surface area contributed by atoms with Crippen molar-refractivity contribution >= 4 is 17.2 Å². The number of piperidine rings is 1. The van der Waals surface area contributed by atoms with Crippen molar-refractivity contribution in [2.75, 3.05) is 6.54 Å². The summed E-state index contributed by atoms with van der Waals surface area (Å²) in [4.78, 5) is 18.7. The van der Waals surface area contributed by atoms with Crippen molar-refractivity contribution in [1.82, 2.24) is 19.7 Å². The van der Waals surface area contributed by atoms with E-state index >= 15 is 0 Å². The first-order valence-corrected chi connectivity index (χ1v) is 8.29. The molecule has 0 saturated carbocycles. The number of carbonyl (C=O) groups excluding carboxylic acids is 1. The van der Waals surface area contributed by atoms with Crippen molar-refractivity contribution < 1.29 is 4.79 Å². The van der Waals surface area contributed by atoms with E-state index in [2.05, 4.69) is 23.1 Å². The summed E-state index contributed by atoms with van der Waals surface area (Å²) in [5.74, 6) is 0.0579. The number of rotatable bonds is 3. The predicted octanol–water partition coefficient (Wildman–Crippen LogP) is 2.65. The van der Waals surface area contributed by atoms with E-state index in [0.29, 0.717) is 5.69 Å². The minimum Gasteiger partial charge on any atom is -0.332 e. The summed E-state index contributed by atoms with van der Waals surface area (Å²) in [6.07, 6.45) is 3.28. The van der Waals surface area contributed by atoms with Crippen LogP contribution in [0.4, 0.5) is 0 Å². The lowest BCUT2D eigenvalue weighted by Gasteiger charge is -2.35. The van der Waals surface area contributed by atoms with Gasteiger partial charge in [0.1, 0.15) is 5.69 Å². The Morgan fingerprint density at radius 3 is 2.95 bits per heavy atom. The third-order valence-corrected chi connectivity index (χ3v) is 4.61. The Morgan fingerprint density at radius 1 is 1.43 bits per heavy atom. The second-order valence-electron chi connectivity index (χ2n) is 5.63. The third-order valence-electron chi connectivity index (χ3n) is 4.03. The van der Waals surface area contributed by atoms with Crippen molar-refractivity contribution in [2.24, 2.45) is 0 Å². The van der Waals surface area contributed by atoms with Gasteiger partial charge in [-0.15, -0.1) is 11.3 Å². The molecule has 3 heterocycles. The van der Waals surface area contributed by atoms with Crippen LogP contribution < -0.4 is 0 Å². The fourth-order valence-corrected chi connectivity index (χ4v) is 3.51. The molecule has 0 spiro atoms. The molecule has 1 saturated heterocycles. The molecule has 1 atom stereocenters. The minimum absolute atomic E-state index is 0.0579. The van der Waals surface area contributed by atoms with Gasteiger partial charge < -0.3 is 4.90 Å². The average molecular weight is 304 g/mol. The van der Waals surface area contributed by atoms with E-state index in [1.54, 1.807) is 5.51 Å². The zero-order chi connectivity index (χ0) is 14.8. The normalized spacial score (nSPS) is 19.0. The van der Waals surface area contributed by atoms with Crippen LogP contribution >= 0.6 is 11.3 Å². The SMILES string of the molecule is Cc1cc(C)n(CC2CCCCN2C(=O)c2cscn2)n1. The van der Waals surface area contributed by atoms with Gasteiger partial charge in [-0.2, -0.15) is 5.10 Å². The van der Waals surface area contributed by atoms with E-state index in [-0.39, 0.29) is 11.9 Å². The zero-order valence-corrected chi connectivity index (χ0v) is 13.3. The standard InChI is InChI=1S/C15H20N4OS/c1-11-7-12(2)19(17-11)8-13-5-3-4-6-18(13)15(20)14-9-21-10-16-14/h7,9-10,13H,3-6,8H2,1-2H3. The highest BCUT2D eigenvalue weighted by atomic mass is 32.1. The molecule has 5 nitrogen and oxygen atoms in total. The van der Waals surface area contributed by atoms with Crippen molar-refractivity contribution in [3.05, 3.63) is 34.0 Å². The first-order valence-electron chi connectivity index (χ1n) is 7.35.